The van der Waals surface area contributed by atoms with Gasteiger partial charge >= 0.3 is 12.1 Å². The minimum atomic E-state index is -1.04. The van der Waals surface area contributed by atoms with Crippen LogP contribution in [0.1, 0.15) is 56.8 Å². The van der Waals surface area contributed by atoms with Crippen molar-refractivity contribution in [1.29, 1.82) is 0 Å². The number of esters is 1. The Bertz CT molecular complexity index is 994. The molecule has 0 aliphatic carbocycles. The van der Waals surface area contributed by atoms with E-state index < -0.39 is 30.1 Å². The third kappa shape index (κ3) is 8.40. The number of aldehydes is 1. The Morgan fingerprint density at radius 2 is 1.89 bits per heavy atom. The highest BCUT2D eigenvalue weighted by Crippen LogP contribution is 2.30. The summed E-state index contributed by atoms with van der Waals surface area (Å²) in [5.74, 6) is -0.357. The van der Waals surface area contributed by atoms with Crippen LogP contribution in [0.5, 0.6) is 5.75 Å². The number of carbonyl (C=O) groups is 3. The first kappa shape index (κ1) is 26.2. The van der Waals surface area contributed by atoms with Crippen molar-refractivity contribution in [3.8, 4) is 16.9 Å². The Kier molecular flexibility index (Phi) is 9.25. The molecule has 8 nitrogen and oxygen atoms in total. The van der Waals surface area contributed by atoms with Gasteiger partial charge in [-0.3, -0.25) is 4.79 Å². The number of hydrogen-bond donors (Lipinski definition) is 1. The van der Waals surface area contributed by atoms with Gasteiger partial charge < -0.3 is 24.3 Å². The van der Waals surface area contributed by atoms with Crippen LogP contribution in [0.4, 0.5) is 4.79 Å². The van der Waals surface area contributed by atoms with E-state index >= 15 is 0 Å². The monoisotopic (exact) mass is 483 g/mol. The highest BCUT2D eigenvalue weighted by molar-refractivity contribution is 5.94. The van der Waals surface area contributed by atoms with E-state index in [1.165, 1.54) is 0 Å². The van der Waals surface area contributed by atoms with E-state index in [9.17, 15) is 14.4 Å². The third-order valence-corrected chi connectivity index (χ3v) is 5.21. The van der Waals surface area contributed by atoms with Crippen molar-refractivity contribution in [3.63, 3.8) is 0 Å². The van der Waals surface area contributed by atoms with Gasteiger partial charge in [0.15, 0.2) is 18.7 Å². The summed E-state index contributed by atoms with van der Waals surface area (Å²) in [5, 5.41) is 2.56. The number of alkyl carbamates (subject to hydrolysis) is 1. The van der Waals surface area contributed by atoms with Gasteiger partial charge in [-0.05, 0) is 56.9 Å². The van der Waals surface area contributed by atoms with Crippen molar-refractivity contribution in [2.75, 3.05) is 13.2 Å². The van der Waals surface area contributed by atoms with E-state index in [-0.39, 0.29) is 18.5 Å². The molecular formula is C27H33NO7. The average molecular weight is 484 g/mol. The highest BCUT2D eigenvalue weighted by atomic mass is 16.7. The standard InChI is InChI=1S/C27H33NO7/c1-27(2,3)35-26(31)28-15-14-21(18-29)33-25(30)22-13-12-20(19-9-5-4-6-10-19)17-23(22)34-24-11-7-8-16-32-24/h4-6,9-10,12-13,17-18,21,24H,7-8,11,14-16H2,1-3H3,(H,28,31)/t21-,24?/m0/s1. The predicted molar refractivity (Wildman–Crippen MR) is 130 cm³/mol. The lowest BCUT2D eigenvalue weighted by Crippen LogP contribution is -2.34. The number of nitrogens with one attached hydrogen (secondary N) is 1. The van der Waals surface area contributed by atoms with Crippen molar-refractivity contribution in [2.45, 2.75) is 64.4 Å². The summed E-state index contributed by atoms with van der Waals surface area (Å²) in [6.45, 7) is 5.97. The molecule has 1 heterocycles. The second-order valence-electron chi connectivity index (χ2n) is 9.29. The van der Waals surface area contributed by atoms with Crippen LogP contribution in [0.25, 0.3) is 11.1 Å². The highest BCUT2D eigenvalue weighted by Gasteiger charge is 2.24. The Morgan fingerprint density at radius 1 is 1.11 bits per heavy atom. The molecule has 0 spiro atoms. The number of benzene rings is 2. The fourth-order valence-electron chi connectivity index (χ4n) is 3.53. The predicted octanol–water partition coefficient (Wildman–Crippen LogP) is 4.90. The average Bonchev–Trinajstić information content (AvgIpc) is 2.83. The van der Waals surface area contributed by atoms with Crippen molar-refractivity contribution in [2.24, 2.45) is 0 Å². The van der Waals surface area contributed by atoms with Crippen molar-refractivity contribution in [1.82, 2.24) is 5.32 Å². The number of hydrogen-bond acceptors (Lipinski definition) is 7. The Hall–Kier alpha value is -3.39. The third-order valence-electron chi connectivity index (χ3n) is 5.21. The number of rotatable bonds is 9. The maximum Gasteiger partial charge on any atom is 0.407 e. The summed E-state index contributed by atoms with van der Waals surface area (Å²) >= 11 is 0. The Balaban J connectivity index is 1.70. The normalized spacial score (nSPS) is 16.6. The molecule has 3 rings (SSSR count). The topological polar surface area (TPSA) is 100 Å². The Morgan fingerprint density at radius 3 is 2.54 bits per heavy atom. The zero-order chi connectivity index (χ0) is 25.3. The summed E-state index contributed by atoms with van der Waals surface area (Å²) in [5.41, 5.74) is 1.42. The molecule has 1 unspecified atom stereocenters. The summed E-state index contributed by atoms with van der Waals surface area (Å²) < 4.78 is 22.3. The van der Waals surface area contributed by atoms with Crippen LogP contribution < -0.4 is 10.1 Å². The molecule has 1 N–H and O–H groups in total. The second kappa shape index (κ2) is 12.4. The van der Waals surface area contributed by atoms with Gasteiger partial charge in [-0.1, -0.05) is 36.4 Å². The molecule has 0 radical (unpaired) electrons. The summed E-state index contributed by atoms with van der Waals surface area (Å²) in [4.78, 5) is 36.3. The molecule has 1 aliphatic rings. The van der Waals surface area contributed by atoms with E-state index in [1.807, 2.05) is 30.3 Å². The van der Waals surface area contributed by atoms with Crippen molar-refractivity contribution in [3.05, 3.63) is 54.1 Å². The van der Waals surface area contributed by atoms with E-state index in [4.69, 9.17) is 18.9 Å². The van der Waals surface area contributed by atoms with Crippen LogP contribution in [0.15, 0.2) is 48.5 Å². The van der Waals surface area contributed by atoms with E-state index in [0.29, 0.717) is 18.6 Å². The lowest BCUT2D eigenvalue weighted by molar-refractivity contribution is -0.116. The van der Waals surface area contributed by atoms with Crippen LogP contribution >= 0.6 is 0 Å². The lowest BCUT2D eigenvalue weighted by atomic mass is 10.0. The van der Waals surface area contributed by atoms with Gasteiger partial charge in [-0.25, -0.2) is 9.59 Å². The molecule has 2 aromatic carbocycles. The SMILES string of the molecule is CC(C)(C)OC(=O)NCC[C@@H](C=O)OC(=O)c1ccc(-c2ccccc2)cc1OC1CCCCO1. The molecule has 0 aromatic heterocycles. The smallest absolute Gasteiger partial charge is 0.407 e. The zero-order valence-electron chi connectivity index (χ0n) is 20.5. The number of amides is 1. The molecule has 35 heavy (non-hydrogen) atoms. The van der Waals surface area contributed by atoms with E-state index in [1.54, 1.807) is 39.0 Å². The van der Waals surface area contributed by atoms with Crippen LogP contribution in [-0.4, -0.2) is 49.5 Å². The molecule has 1 fully saturated rings. The molecule has 0 saturated carbocycles. The minimum absolute atomic E-state index is 0.109. The summed E-state index contributed by atoms with van der Waals surface area (Å²) in [6.07, 6.45) is 1.21. The zero-order valence-corrected chi connectivity index (χ0v) is 20.5. The van der Waals surface area contributed by atoms with Gasteiger partial charge in [0.1, 0.15) is 16.9 Å². The van der Waals surface area contributed by atoms with E-state index in [2.05, 4.69) is 5.32 Å². The van der Waals surface area contributed by atoms with Crippen LogP contribution in [0.2, 0.25) is 0 Å². The largest absolute Gasteiger partial charge is 0.464 e. The first-order chi connectivity index (χ1) is 16.7. The lowest BCUT2D eigenvalue weighted by Gasteiger charge is -2.25. The molecule has 188 valence electrons. The van der Waals surface area contributed by atoms with Gasteiger partial charge in [0.2, 0.25) is 0 Å². The van der Waals surface area contributed by atoms with Gasteiger partial charge in [0, 0.05) is 19.4 Å². The van der Waals surface area contributed by atoms with Gasteiger partial charge in [-0.15, -0.1) is 0 Å². The molecule has 2 aromatic rings. The number of carbonyl (C=O) groups excluding carboxylic acids is 3. The first-order valence-corrected chi connectivity index (χ1v) is 11.9. The second-order valence-corrected chi connectivity index (χ2v) is 9.29. The molecule has 8 heteroatoms. The quantitative estimate of drug-likeness (QED) is 0.400. The van der Waals surface area contributed by atoms with Crippen LogP contribution in [-0.2, 0) is 19.0 Å². The first-order valence-electron chi connectivity index (χ1n) is 11.9. The minimum Gasteiger partial charge on any atom is -0.464 e. The maximum absolute atomic E-state index is 13.0. The van der Waals surface area contributed by atoms with Gasteiger partial charge in [0.25, 0.3) is 0 Å². The van der Waals surface area contributed by atoms with E-state index in [0.717, 1.165) is 30.4 Å². The molecule has 1 aliphatic heterocycles. The summed E-state index contributed by atoms with van der Waals surface area (Å²) in [7, 11) is 0. The molecule has 1 saturated heterocycles. The Labute approximate surface area is 205 Å². The summed E-state index contributed by atoms with van der Waals surface area (Å²) in [6, 6.07) is 14.9. The van der Waals surface area contributed by atoms with Gasteiger partial charge in [0.05, 0.1) is 6.61 Å². The van der Waals surface area contributed by atoms with Crippen molar-refractivity contribution < 1.29 is 33.3 Å². The molecule has 2 atom stereocenters. The maximum atomic E-state index is 13.0. The van der Waals surface area contributed by atoms with Crippen LogP contribution in [0.3, 0.4) is 0 Å². The fraction of sp³-hybridized carbons (Fsp3) is 0.444. The molecule has 0 bridgehead atoms. The fourth-order valence-corrected chi connectivity index (χ4v) is 3.53. The molecular weight excluding hydrogens is 450 g/mol. The van der Waals surface area contributed by atoms with Crippen molar-refractivity contribution >= 4 is 18.3 Å². The number of ether oxygens (including phenoxy) is 4. The molecule has 1 amide bonds. The van der Waals surface area contributed by atoms with Gasteiger partial charge in [-0.2, -0.15) is 0 Å². The van der Waals surface area contributed by atoms with Crippen LogP contribution in [0, 0.1) is 0 Å².